The molecule has 118 valence electrons. The number of fused-ring (bicyclic) bond motifs is 1. The predicted octanol–water partition coefficient (Wildman–Crippen LogP) is 3.57. The molecule has 21 heavy (non-hydrogen) atoms. The molecule has 3 heteroatoms. The number of anilines is 1. The first-order valence-electron chi connectivity index (χ1n) is 8.08. The minimum atomic E-state index is -0.447. The van der Waals surface area contributed by atoms with Crippen molar-refractivity contribution < 1.29 is 9.84 Å². The largest absolute Gasteiger partial charge is 0.389 e. The first-order valence-corrected chi connectivity index (χ1v) is 8.08. The van der Waals surface area contributed by atoms with E-state index in [2.05, 4.69) is 56.9 Å². The molecule has 1 heterocycles. The lowest BCUT2D eigenvalue weighted by molar-refractivity contribution is 0.0380. The fraction of sp³-hybridized carbons (Fsp3) is 0.667. The normalized spacial score (nSPS) is 22.0. The van der Waals surface area contributed by atoms with Crippen molar-refractivity contribution in [2.75, 3.05) is 24.7 Å². The van der Waals surface area contributed by atoms with Crippen LogP contribution in [0.4, 0.5) is 5.69 Å². The summed E-state index contributed by atoms with van der Waals surface area (Å²) in [6.07, 6.45) is 1.65. The van der Waals surface area contributed by atoms with E-state index in [1.807, 2.05) is 0 Å². The molecule has 0 fully saturated rings. The van der Waals surface area contributed by atoms with Crippen molar-refractivity contribution in [1.82, 2.24) is 0 Å². The molecule has 2 unspecified atom stereocenters. The van der Waals surface area contributed by atoms with E-state index in [1.165, 1.54) is 11.3 Å². The van der Waals surface area contributed by atoms with Crippen LogP contribution in [0.15, 0.2) is 24.3 Å². The zero-order chi connectivity index (χ0) is 15.5. The number of aliphatic hydroxyl groups excluding tert-OH is 1. The highest BCUT2D eigenvalue weighted by Gasteiger charge is 2.36. The Hall–Kier alpha value is -1.06. The van der Waals surface area contributed by atoms with Gasteiger partial charge in [-0.25, -0.2) is 0 Å². The van der Waals surface area contributed by atoms with Gasteiger partial charge in [0.1, 0.15) is 0 Å². The first kappa shape index (κ1) is 16.3. The van der Waals surface area contributed by atoms with Gasteiger partial charge in [0.2, 0.25) is 0 Å². The SMILES string of the molecule is CCCOCC(O)CN1c2ccccc2C(C)CC1(C)C. The molecule has 2 rings (SSSR count). The second-order valence-corrected chi connectivity index (χ2v) is 6.82. The van der Waals surface area contributed by atoms with E-state index >= 15 is 0 Å². The molecule has 1 aliphatic heterocycles. The molecule has 1 aliphatic rings. The van der Waals surface area contributed by atoms with Gasteiger partial charge in [-0.2, -0.15) is 0 Å². The molecule has 0 aliphatic carbocycles. The van der Waals surface area contributed by atoms with Crippen LogP contribution < -0.4 is 4.90 Å². The number of aliphatic hydroxyl groups is 1. The van der Waals surface area contributed by atoms with Gasteiger partial charge < -0.3 is 14.7 Å². The van der Waals surface area contributed by atoms with Crippen molar-refractivity contribution in [2.24, 2.45) is 0 Å². The number of benzene rings is 1. The Morgan fingerprint density at radius 2 is 2.10 bits per heavy atom. The first-order chi connectivity index (χ1) is 9.95. The van der Waals surface area contributed by atoms with E-state index in [0.717, 1.165) is 12.8 Å². The third-order valence-electron chi connectivity index (χ3n) is 4.35. The van der Waals surface area contributed by atoms with E-state index < -0.39 is 6.10 Å². The molecular weight excluding hydrogens is 262 g/mol. The molecule has 1 aromatic rings. The fourth-order valence-corrected chi connectivity index (χ4v) is 3.42. The van der Waals surface area contributed by atoms with Crippen molar-refractivity contribution >= 4 is 5.69 Å². The van der Waals surface area contributed by atoms with E-state index in [-0.39, 0.29) is 5.54 Å². The van der Waals surface area contributed by atoms with Crippen LogP contribution in [0.1, 0.15) is 52.0 Å². The van der Waals surface area contributed by atoms with Crippen LogP contribution in [0.2, 0.25) is 0 Å². The molecule has 0 saturated heterocycles. The number of β-amino-alcohol motifs (C(OH)–C–C–N with tert-alkyl or cyclic N) is 1. The van der Waals surface area contributed by atoms with Crippen molar-refractivity contribution in [3.05, 3.63) is 29.8 Å². The second kappa shape index (κ2) is 6.80. The molecule has 0 amide bonds. The summed E-state index contributed by atoms with van der Waals surface area (Å²) in [5.41, 5.74) is 2.70. The number of nitrogens with zero attached hydrogens (tertiary/aromatic N) is 1. The summed E-state index contributed by atoms with van der Waals surface area (Å²) < 4.78 is 5.49. The van der Waals surface area contributed by atoms with Gasteiger partial charge in [0.15, 0.2) is 0 Å². The van der Waals surface area contributed by atoms with E-state index in [0.29, 0.717) is 25.7 Å². The molecule has 0 radical (unpaired) electrons. The van der Waals surface area contributed by atoms with Gasteiger partial charge in [0.25, 0.3) is 0 Å². The molecular formula is C18H29NO2. The highest BCUT2D eigenvalue weighted by atomic mass is 16.5. The molecule has 1 N–H and O–H groups in total. The monoisotopic (exact) mass is 291 g/mol. The van der Waals surface area contributed by atoms with Crippen LogP contribution in [-0.4, -0.2) is 36.5 Å². The van der Waals surface area contributed by atoms with E-state index in [9.17, 15) is 5.11 Å². The van der Waals surface area contributed by atoms with Crippen molar-refractivity contribution in [3.63, 3.8) is 0 Å². The van der Waals surface area contributed by atoms with E-state index in [1.54, 1.807) is 0 Å². The molecule has 2 atom stereocenters. The van der Waals surface area contributed by atoms with Crippen LogP contribution in [0, 0.1) is 0 Å². The smallest absolute Gasteiger partial charge is 0.0948 e. The van der Waals surface area contributed by atoms with Crippen molar-refractivity contribution in [2.45, 2.75) is 58.1 Å². The predicted molar refractivity (Wildman–Crippen MR) is 88.0 cm³/mol. The van der Waals surface area contributed by atoms with Crippen LogP contribution in [0.3, 0.4) is 0 Å². The molecule has 0 aromatic heterocycles. The average Bonchev–Trinajstić information content (AvgIpc) is 2.43. The van der Waals surface area contributed by atoms with Crippen LogP contribution >= 0.6 is 0 Å². The highest BCUT2D eigenvalue weighted by Crippen LogP contribution is 2.42. The second-order valence-electron chi connectivity index (χ2n) is 6.82. The maximum Gasteiger partial charge on any atom is 0.0948 e. The summed E-state index contributed by atoms with van der Waals surface area (Å²) in [7, 11) is 0. The summed E-state index contributed by atoms with van der Waals surface area (Å²) in [6, 6.07) is 8.57. The lowest BCUT2D eigenvalue weighted by Crippen LogP contribution is -2.52. The van der Waals surface area contributed by atoms with Gasteiger partial charge >= 0.3 is 0 Å². The molecule has 3 nitrogen and oxygen atoms in total. The number of para-hydroxylation sites is 1. The quantitative estimate of drug-likeness (QED) is 0.813. The van der Waals surface area contributed by atoms with Crippen molar-refractivity contribution in [3.8, 4) is 0 Å². The Bertz CT molecular complexity index is 458. The van der Waals surface area contributed by atoms with Gasteiger partial charge in [-0.3, -0.25) is 0 Å². The van der Waals surface area contributed by atoms with Crippen LogP contribution in [-0.2, 0) is 4.74 Å². The maximum atomic E-state index is 10.3. The Balaban J connectivity index is 2.14. The molecule has 0 spiro atoms. The number of hydrogen-bond acceptors (Lipinski definition) is 3. The zero-order valence-electron chi connectivity index (χ0n) is 13.8. The van der Waals surface area contributed by atoms with Gasteiger partial charge in [-0.05, 0) is 44.2 Å². The van der Waals surface area contributed by atoms with Crippen LogP contribution in [0.25, 0.3) is 0 Å². The Labute approximate surface area is 128 Å². The Morgan fingerprint density at radius 1 is 1.38 bits per heavy atom. The summed E-state index contributed by atoms with van der Waals surface area (Å²) in [6.45, 7) is 10.7. The van der Waals surface area contributed by atoms with Gasteiger partial charge in [0, 0.05) is 24.4 Å². The summed E-state index contributed by atoms with van der Waals surface area (Å²) >= 11 is 0. The number of ether oxygens (including phenoxy) is 1. The highest BCUT2D eigenvalue weighted by molar-refractivity contribution is 5.59. The third kappa shape index (κ3) is 3.78. The van der Waals surface area contributed by atoms with E-state index in [4.69, 9.17) is 4.74 Å². The zero-order valence-corrected chi connectivity index (χ0v) is 13.8. The minimum absolute atomic E-state index is 0.0551. The Kier molecular flexibility index (Phi) is 5.28. The minimum Gasteiger partial charge on any atom is -0.389 e. The summed E-state index contributed by atoms with van der Waals surface area (Å²) in [5.74, 6) is 0.556. The number of hydrogen-bond donors (Lipinski definition) is 1. The van der Waals surface area contributed by atoms with Crippen LogP contribution in [0.5, 0.6) is 0 Å². The molecule has 1 aromatic carbocycles. The Morgan fingerprint density at radius 3 is 2.81 bits per heavy atom. The van der Waals surface area contributed by atoms with Crippen molar-refractivity contribution in [1.29, 1.82) is 0 Å². The lowest BCUT2D eigenvalue weighted by Gasteiger charge is -2.48. The summed E-state index contributed by atoms with van der Waals surface area (Å²) in [4.78, 5) is 2.35. The van der Waals surface area contributed by atoms with Gasteiger partial charge in [0.05, 0.1) is 12.7 Å². The average molecular weight is 291 g/mol. The number of rotatable bonds is 6. The standard InChI is InChI=1S/C18H29NO2/c1-5-10-21-13-15(20)12-19-17-9-7-6-8-16(17)14(2)11-18(19,3)4/h6-9,14-15,20H,5,10-13H2,1-4H3. The lowest BCUT2D eigenvalue weighted by atomic mass is 9.80. The maximum absolute atomic E-state index is 10.3. The molecule has 0 saturated carbocycles. The summed E-state index contributed by atoms with van der Waals surface area (Å²) in [5, 5.41) is 10.3. The third-order valence-corrected chi connectivity index (χ3v) is 4.35. The van der Waals surface area contributed by atoms with Gasteiger partial charge in [-0.15, -0.1) is 0 Å². The molecule has 0 bridgehead atoms. The van der Waals surface area contributed by atoms with Gasteiger partial charge in [-0.1, -0.05) is 32.0 Å². The fourth-order valence-electron chi connectivity index (χ4n) is 3.42. The topological polar surface area (TPSA) is 32.7 Å².